The van der Waals surface area contributed by atoms with Gasteiger partial charge in [-0.3, -0.25) is 0 Å². The Hall–Kier alpha value is -2.04. The molecule has 0 bridgehead atoms. The minimum absolute atomic E-state index is 0. The van der Waals surface area contributed by atoms with Crippen molar-refractivity contribution in [1.29, 1.82) is 0 Å². The SMILES string of the molecule is CCNC(=NCC(C)Oc1ccc(OC)cc1)NC1CCc2nc(C)nn2C1.I. The molecule has 1 aromatic heterocycles. The van der Waals surface area contributed by atoms with Crippen LogP contribution in [-0.4, -0.2) is 53.1 Å². The summed E-state index contributed by atoms with van der Waals surface area (Å²) >= 11 is 0. The molecule has 0 spiro atoms. The van der Waals surface area contributed by atoms with E-state index in [1.165, 1.54) is 0 Å². The zero-order valence-corrected chi connectivity index (χ0v) is 19.8. The lowest BCUT2D eigenvalue weighted by Gasteiger charge is -2.25. The molecule has 1 aromatic carbocycles. The molecule has 0 fully saturated rings. The van der Waals surface area contributed by atoms with Crippen molar-refractivity contribution in [2.24, 2.45) is 4.99 Å². The van der Waals surface area contributed by atoms with Gasteiger partial charge in [-0.25, -0.2) is 14.7 Å². The summed E-state index contributed by atoms with van der Waals surface area (Å²) in [5.41, 5.74) is 0. The highest BCUT2D eigenvalue weighted by Crippen LogP contribution is 2.18. The van der Waals surface area contributed by atoms with E-state index >= 15 is 0 Å². The zero-order chi connectivity index (χ0) is 19.9. The molecule has 9 heteroatoms. The number of aryl methyl sites for hydroxylation is 2. The number of hydrogen-bond acceptors (Lipinski definition) is 5. The van der Waals surface area contributed by atoms with Crippen LogP contribution < -0.4 is 20.1 Å². The number of fused-ring (bicyclic) bond motifs is 1. The fourth-order valence-electron chi connectivity index (χ4n) is 3.21. The van der Waals surface area contributed by atoms with E-state index < -0.39 is 0 Å². The Bertz CT molecular complexity index is 793. The predicted octanol–water partition coefficient (Wildman–Crippen LogP) is 2.55. The van der Waals surface area contributed by atoms with Crippen LogP contribution in [-0.2, 0) is 13.0 Å². The summed E-state index contributed by atoms with van der Waals surface area (Å²) in [6.07, 6.45) is 1.90. The van der Waals surface area contributed by atoms with Gasteiger partial charge in [-0.15, -0.1) is 24.0 Å². The van der Waals surface area contributed by atoms with Gasteiger partial charge in [0.25, 0.3) is 0 Å². The summed E-state index contributed by atoms with van der Waals surface area (Å²) in [6, 6.07) is 7.87. The molecule has 0 radical (unpaired) electrons. The smallest absolute Gasteiger partial charge is 0.191 e. The number of methoxy groups -OCH3 is 1. The second kappa shape index (κ2) is 11.2. The lowest BCUT2D eigenvalue weighted by atomic mass is 10.1. The maximum atomic E-state index is 5.94. The number of benzene rings is 1. The van der Waals surface area contributed by atoms with Crippen LogP contribution in [0.15, 0.2) is 29.3 Å². The van der Waals surface area contributed by atoms with Crippen LogP contribution in [0.4, 0.5) is 0 Å². The van der Waals surface area contributed by atoms with E-state index in [9.17, 15) is 0 Å². The number of nitrogens with one attached hydrogen (secondary N) is 2. The fourth-order valence-corrected chi connectivity index (χ4v) is 3.21. The number of nitrogens with zero attached hydrogens (tertiary/aromatic N) is 4. The third kappa shape index (κ3) is 6.76. The standard InChI is InChI=1S/C20H30N6O2.HI/c1-5-21-20(24-16-6-11-19-23-15(3)25-26(19)13-16)22-12-14(2)28-18-9-7-17(27-4)8-10-18;/h7-10,14,16H,5-6,11-13H2,1-4H3,(H2,21,22,24);1H. The van der Waals surface area contributed by atoms with E-state index in [1.54, 1.807) is 7.11 Å². The average Bonchev–Trinajstić information content (AvgIpc) is 3.06. The van der Waals surface area contributed by atoms with Crippen molar-refractivity contribution in [1.82, 2.24) is 25.4 Å². The molecule has 1 aliphatic heterocycles. The van der Waals surface area contributed by atoms with Crippen molar-refractivity contribution in [2.75, 3.05) is 20.2 Å². The lowest BCUT2D eigenvalue weighted by molar-refractivity contribution is 0.230. The summed E-state index contributed by atoms with van der Waals surface area (Å²) in [4.78, 5) is 9.16. The molecule has 0 amide bonds. The van der Waals surface area contributed by atoms with E-state index in [1.807, 2.05) is 42.8 Å². The lowest BCUT2D eigenvalue weighted by Crippen LogP contribution is -2.47. The Labute approximate surface area is 189 Å². The van der Waals surface area contributed by atoms with Crippen LogP contribution in [0.25, 0.3) is 0 Å². The Kier molecular flexibility index (Phi) is 8.99. The van der Waals surface area contributed by atoms with Gasteiger partial charge in [0.1, 0.15) is 29.3 Å². The number of ether oxygens (including phenoxy) is 2. The molecular weight excluding hydrogens is 483 g/mol. The maximum Gasteiger partial charge on any atom is 0.191 e. The van der Waals surface area contributed by atoms with Gasteiger partial charge >= 0.3 is 0 Å². The van der Waals surface area contributed by atoms with Crippen molar-refractivity contribution in [3.8, 4) is 11.5 Å². The first-order valence-corrected chi connectivity index (χ1v) is 9.83. The number of rotatable bonds is 7. The van der Waals surface area contributed by atoms with Crippen LogP contribution >= 0.6 is 24.0 Å². The molecule has 2 heterocycles. The van der Waals surface area contributed by atoms with Crippen LogP contribution in [0.2, 0.25) is 0 Å². The molecule has 0 saturated heterocycles. The van der Waals surface area contributed by atoms with Gasteiger partial charge in [-0.2, -0.15) is 5.10 Å². The molecule has 3 rings (SSSR count). The molecule has 0 aliphatic carbocycles. The third-order valence-corrected chi connectivity index (χ3v) is 4.55. The first-order valence-electron chi connectivity index (χ1n) is 9.83. The Morgan fingerprint density at radius 2 is 2.03 bits per heavy atom. The van der Waals surface area contributed by atoms with Crippen LogP contribution in [0.3, 0.4) is 0 Å². The van der Waals surface area contributed by atoms with Crippen molar-refractivity contribution in [2.45, 2.75) is 52.3 Å². The molecule has 2 unspecified atom stereocenters. The van der Waals surface area contributed by atoms with Gasteiger partial charge in [-0.1, -0.05) is 0 Å². The highest BCUT2D eigenvalue weighted by atomic mass is 127. The van der Waals surface area contributed by atoms with E-state index in [0.29, 0.717) is 6.54 Å². The minimum Gasteiger partial charge on any atom is -0.497 e. The fraction of sp³-hybridized carbons (Fsp3) is 0.550. The van der Waals surface area contributed by atoms with Crippen LogP contribution in [0, 0.1) is 6.92 Å². The summed E-state index contributed by atoms with van der Waals surface area (Å²) in [5.74, 6) is 4.33. The summed E-state index contributed by atoms with van der Waals surface area (Å²) in [6.45, 7) is 8.18. The van der Waals surface area contributed by atoms with Crippen molar-refractivity contribution >= 4 is 29.9 Å². The quantitative estimate of drug-likeness (QED) is 0.336. The van der Waals surface area contributed by atoms with Gasteiger partial charge < -0.3 is 20.1 Å². The average molecular weight is 514 g/mol. The number of halogens is 1. The van der Waals surface area contributed by atoms with Crippen LogP contribution in [0.5, 0.6) is 11.5 Å². The number of aliphatic imine (C=N–C) groups is 1. The van der Waals surface area contributed by atoms with E-state index in [-0.39, 0.29) is 36.1 Å². The number of aromatic nitrogens is 3. The summed E-state index contributed by atoms with van der Waals surface area (Å²) in [7, 11) is 1.65. The maximum absolute atomic E-state index is 5.94. The second-order valence-corrected chi connectivity index (χ2v) is 6.96. The Morgan fingerprint density at radius 1 is 1.31 bits per heavy atom. The largest absolute Gasteiger partial charge is 0.497 e. The molecule has 160 valence electrons. The van der Waals surface area contributed by atoms with Gasteiger partial charge in [0.2, 0.25) is 0 Å². The molecule has 2 atom stereocenters. The molecule has 0 saturated carbocycles. The Balaban J connectivity index is 0.00000300. The number of hydrogen-bond donors (Lipinski definition) is 2. The van der Waals surface area contributed by atoms with Crippen molar-refractivity contribution in [3.63, 3.8) is 0 Å². The molecule has 2 aromatic rings. The van der Waals surface area contributed by atoms with Crippen molar-refractivity contribution < 1.29 is 9.47 Å². The van der Waals surface area contributed by atoms with Gasteiger partial charge in [0.15, 0.2) is 5.96 Å². The first-order chi connectivity index (χ1) is 13.6. The van der Waals surface area contributed by atoms with Gasteiger partial charge in [-0.05, 0) is 51.5 Å². The van der Waals surface area contributed by atoms with Crippen molar-refractivity contribution in [3.05, 3.63) is 35.9 Å². The van der Waals surface area contributed by atoms with Gasteiger partial charge in [0.05, 0.1) is 20.2 Å². The monoisotopic (exact) mass is 514 g/mol. The van der Waals surface area contributed by atoms with Gasteiger partial charge in [0, 0.05) is 19.0 Å². The third-order valence-electron chi connectivity index (χ3n) is 4.55. The zero-order valence-electron chi connectivity index (χ0n) is 17.5. The highest BCUT2D eigenvalue weighted by Gasteiger charge is 2.21. The number of guanidine groups is 1. The molecule has 2 N–H and O–H groups in total. The summed E-state index contributed by atoms with van der Waals surface area (Å²) < 4.78 is 13.1. The van der Waals surface area contributed by atoms with E-state index in [2.05, 4.69) is 27.6 Å². The molecule has 8 nitrogen and oxygen atoms in total. The topological polar surface area (TPSA) is 85.6 Å². The predicted molar refractivity (Wildman–Crippen MR) is 124 cm³/mol. The normalized spacial score (nSPS) is 17.0. The molecular formula is C20H31IN6O2. The molecule has 29 heavy (non-hydrogen) atoms. The van der Waals surface area contributed by atoms with Crippen LogP contribution in [0.1, 0.15) is 31.9 Å². The van der Waals surface area contributed by atoms with E-state index in [0.717, 1.165) is 55.0 Å². The minimum atomic E-state index is -0.0419. The first kappa shape index (κ1) is 23.2. The summed E-state index contributed by atoms with van der Waals surface area (Å²) in [5, 5.41) is 11.3. The second-order valence-electron chi connectivity index (χ2n) is 6.96. The molecule has 1 aliphatic rings. The highest BCUT2D eigenvalue weighted by molar-refractivity contribution is 14.0. The Morgan fingerprint density at radius 3 is 2.72 bits per heavy atom. The van der Waals surface area contributed by atoms with E-state index in [4.69, 9.17) is 14.5 Å².